The van der Waals surface area contributed by atoms with Crippen molar-refractivity contribution in [1.29, 1.82) is 0 Å². The molecule has 2 aliphatic heterocycles. The van der Waals surface area contributed by atoms with Gasteiger partial charge in [-0.15, -0.1) is 0 Å². The van der Waals surface area contributed by atoms with Crippen LogP contribution >= 0.6 is 0 Å². The van der Waals surface area contributed by atoms with E-state index in [1.54, 1.807) is 4.90 Å². The molecule has 1 N–H and O–H groups in total. The second-order valence-electron chi connectivity index (χ2n) is 6.44. The first kappa shape index (κ1) is 15.7. The fourth-order valence-electron chi connectivity index (χ4n) is 3.62. The molecule has 0 unspecified atom stereocenters. The molecule has 0 spiro atoms. The van der Waals surface area contributed by atoms with Gasteiger partial charge < -0.3 is 15.1 Å². The van der Waals surface area contributed by atoms with Crippen molar-refractivity contribution in [3.63, 3.8) is 0 Å². The van der Waals surface area contributed by atoms with Crippen molar-refractivity contribution in [2.75, 3.05) is 34.8 Å². The van der Waals surface area contributed by atoms with Gasteiger partial charge in [0.2, 0.25) is 11.8 Å². The van der Waals surface area contributed by atoms with Gasteiger partial charge in [-0.25, -0.2) is 0 Å². The Morgan fingerprint density at radius 2 is 1.72 bits per heavy atom. The summed E-state index contributed by atoms with van der Waals surface area (Å²) in [4.78, 5) is 28.3. The topological polar surface area (TPSA) is 52.7 Å². The van der Waals surface area contributed by atoms with Crippen LogP contribution in [0, 0.1) is 0 Å². The Labute approximate surface area is 147 Å². The molecule has 0 radical (unpaired) electrons. The van der Waals surface area contributed by atoms with E-state index in [0.29, 0.717) is 6.42 Å². The molecule has 5 heteroatoms. The molecule has 0 atom stereocenters. The van der Waals surface area contributed by atoms with Crippen molar-refractivity contribution in [2.45, 2.75) is 19.3 Å². The van der Waals surface area contributed by atoms with Crippen molar-refractivity contribution in [3.05, 3.63) is 54.1 Å². The third kappa shape index (κ3) is 2.97. The second kappa shape index (κ2) is 6.59. The Morgan fingerprint density at radius 3 is 2.52 bits per heavy atom. The number of nitrogens with zero attached hydrogens (tertiary/aromatic N) is 2. The molecule has 0 aliphatic carbocycles. The lowest BCUT2D eigenvalue weighted by atomic mass is 10.2. The highest BCUT2D eigenvalue weighted by molar-refractivity contribution is 6.00. The van der Waals surface area contributed by atoms with Gasteiger partial charge in [0.15, 0.2) is 0 Å². The van der Waals surface area contributed by atoms with E-state index in [-0.39, 0.29) is 18.4 Å². The number of carbonyl (C=O) groups excluding carboxylic acids is 2. The molecule has 0 bridgehead atoms. The number of carbonyl (C=O) groups is 2. The van der Waals surface area contributed by atoms with Gasteiger partial charge in [-0.05, 0) is 36.6 Å². The normalized spacial score (nSPS) is 16.2. The van der Waals surface area contributed by atoms with E-state index in [1.807, 2.05) is 47.4 Å². The first-order valence-corrected chi connectivity index (χ1v) is 8.75. The van der Waals surface area contributed by atoms with Gasteiger partial charge in [-0.3, -0.25) is 9.59 Å². The largest absolute Gasteiger partial charge is 0.374 e. The molecule has 2 amide bonds. The van der Waals surface area contributed by atoms with Gasteiger partial charge in [0.05, 0.1) is 17.9 Å². The standard InChI is InChI=1S/C20H21N3O2/c24-19-10-5-12-22(19)18-9-4-2-7-16(18)21-14-20(25)23-13-11-15-6-1-3-8-17(15)23/h1-4,6-9,21H,5,10-14H2. The lowest BCUT2D eigenvalue weighted by molar-refractivity contribution is -0.117. The Bertz CT molecular complexity index is 818. The SMILES string of the molecule is O=C(CNc1ccccc1N1CCCC1=O)N1CCc2ccccc21. The summed E-state index contributed by atoms with van der Waals surface area (Å²) in [5.41, 5.74) is 3.93. The Morgan fingerprint density at radius 1 is 0.960 bits per heavy atom. The van der Waals surface area contributed by atoms with E-state index >= 15 is 0 Å². The van der Waals surface area contributed by atoms with Crippen molar-refractivity contribution < 1.29 is 9.59 Å². The van der Waals surface area contributed by atoms with E-state index in [0.717, 1.165) is 43.0 Å². The maximum absolute atomic E-state index is 12.7. The molecular weight excluding hydrogens is 314 g/mol. The average molecular weight is 335 g/mol. The summed E-state index contributed by atoms with van der Waals surface area (Å²) in [7, 11) is 0. The van der Waals surface area contributed by atoms with Crippen LogP contribution in [0.2, 0.25) is 0 Å². The fraction of sp³-hybridized carbons (Fsp3) is 0.300. The van der Waals surface area contributed by atoms with Gasteiger partial charge in [0.25, 0.3) is 0 Å². The summed E-state index contributed by atoms with van der Waals surface area (Å²) in [6.45, 7) is 1.68. The predicted octanol–water partition coefficient (Wildman–Crippen LogP) is 2.81. The molecule has 2 heterocycles. The zero-order valence-electron chi connectivity index (χ0n) is 14.1. The first-order valence-electron chi connectivity index (χ1n) is 8.75. The van der Waals surface area contributed by atoms with Crippen LogP contribution in [0.25, 0.3) is 0 Å². The van der Waals surface area contributed by atoms with Crippen LogP contribution in [0.3, 0.4) is 0 Å². The first-order chi connectivity index (χ1) is 12.2. The Kier molecular flexibility index (Phi) is 4.14. The average Bonchev–Trinajstić information content (AvgIpc) is 3.26. The van der Waals surface area contributed by atoms with E-state index in [1.165, 1.54) is 5.56 Å². The summed E-state index contributed by atoms with van der Waals surface area (Å²) in [5, 5.41) is 3.23. The van der Waals surface area contributed by atoms with Crippen LogP contribution in [0.4, 0.5) is 17.1 Å². The van der Waals surface area contributed by atoms with Crippen molar-refractivity contribution in [1.82, 2.24) is 0 Å². The molecule has 0 aromatic heterocycles. The van der Waals surface area contributed by atoms with Gasteiger partial charge in [-0.2, -0.15) is 0 Å². The summed E-state index contributed by atoms with van der Waals surface area (Å²) in [6, 6.07) is 15.7. The lowest BCUT2D eigenvalue weighted by Crippen LogP contribution is -2.34. The number of para-hydroxylation sites is 3. The summed E-state index contributed by atoms with van der Waals surface area (Å²) >= 11 is 0. The van der Waals surface area contributed by atoms with Crippen molar-refractivity contribution in [3.8, 4) is 0 Å². The van der Waals surface area contributed by atoms with E-state index in [9.17, 15) is 9.59 Å². The molecule has 5 nitrogen and oxygen atoms in total. The van der Waals surface area contributed by atoms with Gasteiger partial charge in [0.1, 0.15) is 0 Å². The summed E-state index contributed by atoms with van der Waals surface area (Å²) in [6.07, 6.45) is 2.38. The quantitative estimate of drug-likeness (QED) is 0.935. The Balaban J connectivity index is 1.47. The highest BCUT2D eigenvalue weighted by atomic mass is 16.2. The minimum absolute atomic E-state index is 0.0486. The van der Waals surface area contributed by atoms with Gasteiger partial charge in [-0.1, -0.05) is 30.3 Å². The molecule has 25 heavy (non-hydrogen) atoms. The van der Waals surface area contributed by atoms with Crippen molar-refractivity contribution >= 4 is 28.9 Å². The molecule has 2 aromatic rings. The number of rotatable bonds is 4. The monoisotopic (exact) mass is 335 g/mol. The summed E-state index contributed by atoms with van der Waals surface area (Å²) < 4.78 is 0. The molecule has 0 saturated carbocycles. The third-order valence-electron chi connectivity index (χ3n) is 4.89. The van der Waals surface area contributed by atoms with E-state index in [2.05, 4.69) is 11.4 Å². The number of hydrogen-bond acceptors (Lipinski definition) is 3. The van der Waals surface area contributed by atoms with Crippen LogP contribution in [0.15, 0.2) is 48.5 Å². The zero-order valence-corrected chi connectivity index (χ0v) is 14.1. The smallest absolute Gasteiger partial charge is 0.246 e. The lowest BCUT2D eigenvalue weighted by Gasteiger charge is -2.22. The second-order valence-corrected chi connectivity index (χ2v) is 6.44. The molecule has 128 valence electrons. The maximum Gasteiger partial charge on any atom is 0.246 e. The molecular formula is C20H21N3O2. The minimum atomic E-state index is 0.0486. The zero-order chi connectivity index (χ0) is 17.2. The van der Waals surface area contributed by atoms with Gasteiger partial charge >= 0.3 is 0 Å². The predicted molar refractivity (Wildman–Crippen MR) is 99.0 cm³/mol. The van der Waals surface area contributed by atoms with Crippen LogP contribution in [0.1, 0.15) is 18.4 Å². The molecule has 2 aliphatic rings. The third-order valence-corrected chi connectivity index (χ3v) is 4.89. The van der Waals surface area contributed by atoms with Crippen LogP contribution < -0.4 is 15.1 Å². The number of amides is 2. The summed E-state index contributed by atoms with van der Waals surface area (Å²) in [5.74, 6) is 0.196. The molecule has 1 fully saturated rings. The van der Waals surface area contributed by atoms with E-state index < -0.39 is 0 Å². The fourth-order valence-corrected chi connectivity index (χ4v) is 3.62. The van der Waals surface area contributed by atoms with Crippen LogP contribution in [-0.2, 0) is 16.0 Å². The van der Waals surface area contributed by atoms with E-state index in [4.69, 9.17) is 0 Å². The molecule has 2 aromatic carbocycles. The Hall–Kier alpha value is -2.82. The number of anilines is 3. The maximum atomic E-state index is 12.7. The molecule has 1 saturated heterocycles. The highest BCUT2D eigenvalue weighted by Crippen LogP contribution is 2.30. The number of hydrogen-bond donors (Lipinski definition) is 1. The van der Waals surface area contributed by atoms with Crippen LogP contribution in [0.5, 0.6) is 0 Å². The minimum Gasteiger partial charge on any atom is -0.374 e. The highest BCUT2D eigenvalue weighted by Gasteiger charge is 2.26. The number of fused-ring (bicyclic) bond motifs is 1. The van der Waals surface area contributed by atoms with Gasteiger partial charge in [0, 0.05) is 25.2 Å². The van der Waals surface area contributed by atoms with Crippen molar-refractivity contribution in [2.24, 2.45) is 0 Å². The number of benzene rings is 2. The number of nitrogens with one attached hydrogen (secondary N) is 1. The van der Waals surface area contributed by atoms with Crippen LogP contribution in [-0.4, -0.2) is 31.4 Å². The molecule has 4 rings (SSSR count).